The van der Waals surface area contributed by atoms with Gasteiger partial charge in [0.2, 0.25) is 0 Å². The summed E-state index contributed by atoms with van der Waals surface area (Å²) in [4.78, 5) is 13.9. The van der Waals surface area contributed by atoms with E-state index in [1.54, 1.807) is 6.07 Å². The Hall–Kier alpha value is -2.50. The zero-order valence-corrected chi connectivity index (χ0v) is 17.7. The molecule has 3 aromatic carbocycles. The van der Waals surface area contributed by atoms with Gasteiger partial charge in [-0.2, -0.15) is 0 Å². The SMILES string of the molecule is CC(c1ccccc1)N(Cc1ccccc1)C(CC(=O)O)c1cc(F)cc(Br)c1. The average molecular weight is 456 g/mol. The monoisotopic (exact) mass is 455 g/mol. The minimum Gasteiger partial charge on any atom is -0.481 e. The summed E-state index contributed by atoms with van der Waals surface area (Å²) in [6, 6.07) is 23.9. The molecule has 0 amide bonds. The number of hydrogen-bond donors (Lipinski definition) is 1. The molecule has 1 N–H and O–H groups in total. The van der Waals surface area contributed by atoms with Gasteiger partial charge < -0.3 is 5.11 Å². The molecule has 5 heteroatoms. The van der Waals surface area contributed by atoms with Crippen molar-refractivity contribution in [2.24, 2.45) is 0 Å². The van der Waals surface area contributed by atoms with Crippen LogP contribution in [0.4, 0.5) is 4.39 Å². The van der Waals surface area contributed by atoms with Crippen LogP contribution < -0.4 is 0 Å². The van der Waals surface area contributed by atoms with Crippen molar-refractivity contribution in [3.8, 4) is 0 Å². The predicted octanol–water partition coefficient (Wildman–Crippen LogP) is 6.37. The largest absolute Gasteiger partial charge is 0.481 e. The van der Waals surface area contributed by atoms with Crippen molar-refractivity contribution in [2.45, 2.75) is 32.0 Å². The summed E-state index contributed by atoms with van der Waals surface area (Å²) in [6.07, 6.45) is -0.125. The molecule has 0 radical (unpaired) electrons. The van der Waals surface area contributed by atoms with Crippen molar-refractivity contribution >= 4 is 21.9 Å². The second kappa shape index (κ2) is 9.81. The maximum absolute atomic E-state index is 14.1. The van der Waals surface area contributed by atoms with Gasteiger partial charge in [0, 0.05) is 23.1 Å². The number of carbonyl (C=O) groups is 1. The minimum absolute atomic E-state index is 0.0669. The number of rotatable bonds is 8. The Labute approximate surface area is 178 Å². The van der Waals surface area contributed by atoms with E-state index in [0.717, 1.165) is 11.1 Å². The van der Waals surface area contributed by atoms with Gasteiger partial charge in [-0.15, -0.1) is 0 Å². The van der Waals surface area contributed by atoms with Crippen LogP contribution in [0, 0.1) is 5.82 Å². The first kappa shape index (κ1) is 21.2. The molecule has 0 aliphatic heterocycles. The molecule has 3 aromatic rings. The molecule has 29 heavy (non-hydrogen) atoms. The second-order valence-corrected chi connectivity index (χ2v) is 7.98. The molecule has 0 saturated heterocycles. The van der Waals surface area contributed by atoms with Crippen LogP contribution in [0.3, 0.4) is 0 Å². The van der Waals surface area contributed by atoms with Gasteiger partial charge in [-0.1, -0.05) is 76.6 Å². The van der Waals surface area contributed by atoms with Crippen LogP contribution >= 0.6 is 15.9 Å². The van der Waals surface area contributed by atoms with Crippen molar-refractivity contribution in [3.63, 3.8) is 0 Å². The highest BCUT2D eigenvalue weighted by Gasteiger charge is 2.29. The first-order valence-electron chi connectivity index (χ1n) is 9.46. The summed E-state index contributed by atoms with van der Waals surface area (Å²) in [5, 5.41) is 9.62. The van der Waals surface area contributed by atoms with Crippen LogP contribution in [0.2, 0.25) is 0 Å². The van der Waals surface area contributed by atoms with E-state index in [-0.39, 0.29) is 12.5 Å². The van der Waals surface area contributed by atoms with Crippen LogP contribution in [-0.4, -0.2) is 16.0 Å². The lowest BCUT2D eigenvalue weighted by atomic mass is 9.96. The van der Waals surface area contributed by atoms with Crippen LogP contribution in [-0.2, 0) is 11.3 Å². The third-order valence-electron chi connectivity index (χ3n) is 5.03. The number of halogens is 2. The van der Waals surface area contributed by atoms with E-state index >= 15 is 0 Å². The fraction of sp³-hybridized carbons (Fsp3) is 0.208. The molecule has 150 valence electrons. The maximum Gasteiger partial charge on any atom is 0.305 e. The number of hydrogen-bond acceptors (Lipinski definition) is 2. The molecule has 2 atom stereocenters. The second-order valence-electron chi connectivity index (χ2n) is 7.06. The number of carboxylic acid groups (broad SMARTS) is 1. The summed E-state index contributed by atoms with van der Waals surface area (Å²) in [5.41, 5.74) is 2.79. The van der Waals surface area contributed by atoms with E-state index in [2.05, 4.69) is 27.8 Å². The highest BCUT2D eigenvalue weighted by molar-refractivity contribution is 9.10. The molecule has 2 unspecified atom stereocenters. The van der Waals surface area contributed by atoms with Gasteiger partial charge in [0.15, 0.2) is 0 Å². The molecule has 0 aromatic heterocycles. The molecule has 0 fully saturated rings. The first-order chi connectivity index (χ1) is 13.9. The predicted molar refractivity (Wildman–Crippen MR) is 116 cm³/mol. The molecule has 3 rings (SSSR count). The normalized spacial score (nSPS) is 13.2. The topological polar surface area (TPSA) is 40.5 Å². The van der Waals surface area contributed by atoms with Gasteiger partial charge in [-0.05, 0) is 41.8 Å². The fourth-order valence-corrected chi connectivity index (χ4v) is 4.08. The standard InChI is InChI=1S/C24H23BrFNO2/c1-17(19-10-6-3-7-11-19)27(16-18-8-4-2-5-9-18)23(15-24(28)29)20-12-21(25)14-22(26)13-20/h2-14,17,23H,15-16H2,1H3,(H,28,29). The number of benzene rings is 3. The van der Waals surface area contributed by atoms with Gasteiger partial charge >= 0.3 is 5.97 Å². The van der Waals surface area contributed by atoms with Gasteiger partial charge in [0.25, 0.3) is 0 Å². The molecule has 0 bridgehead atoms. The Morgan fingerprint density at radius 2 is 1.62 bits per heavy atom. The smallest absolute Gasteiger partial charge is 0.305 e. The summed E-state index contributed by atoms with van der Waals surface area (Å²) in [7, 11) is 0. The molecule has 0 spiro atoms. The van der Waals surface area contributed by atoms with Crippen molar-refractivity contribution in [1.29, 1.82) is 0 Å². The Bertz CT molecular complexity index is 929. The summed E-state index contributed by atoms with van der Waals surface area (Å²) in [6.45, 7) is 2.60. The molecule has 3 nitrogen and oxygen atoms in total. The molecule has 0 aliphatic rings. The number of aliphatic carboxylic acids is 1. The van der Waals surface area contributed by atoms with Gasteiger partial charge in [0.05, 0.1) is 6.42 Å². The quantitative estimate of drug-likeness (QED) is 0.429. The minimum atomic E-state index is -0.922. The third-order valence-corrected chi connectivity index (χ3v) is 5.48. The molecule has 0 aliphatic carbocycles. The van der Waals surface area contributed by atoms with Crippen molar-refractivity contribution < 1.29 is 14.3 Å². The molecule has 0 saturated carbocycles. The van der Waals surface area contributed by atoms with Crippen LogP contribution in [0.5, 0.6) is 0 Å². The van der Waals surface area contributed by atoms with E-state index in [0.29, 0.717) is 16.6 Å². The Morgan fingerprint density at radius 1 is 1.00 bits per heavy atom. The Kier molecular flexibility index (Phi) is 7.18. The Morgan fingerprint density at radius 3 is 2.21 bits per heavy atom. The van der Waals surface area contributed by atoms with Crippen molar-refractivity contribution in [2.75, 3.05) is 0 Å². The lowest BCUT2D eigenvalue weighted by Gasteiger charge is -2.37. The van der Waals surface area contributed by atoms with Crippen LogP contribution in [0.25, 0.3) is 0 Å². The highest BCUT2D eigenvalue weighted by atomic mass is 79.9. The number of nitrogens with zero attached hydrogens (tertiary/aromatic N) is 1. The summed E-state index contributed by atoms with van der Waals surface area (Å²) < 4.78 is 14.7. The van der Waals surface area contributed by atoms with Crippen LogP contribution in [0.1, 0.15) is 42.1 Å². The van der Waals surface area contributed by atoms with E-state index in [1.807, 2.05) is 60.7 Å². The lowest BCUT2D eigenvalue weighted by molar-refractivity contribution is -0.138. The number of carboxylic acids is 1. The van der Waals surface area contributed by atoms with E-state index in [9.17, 15) is 14.3 Å². The van der Waals surface area contributed by atoms with E-state index in [4.69, 9.17) is 0 Å². The average Bonchev–Trinajstić information content (AvgIpc) is 2.70. The van der Waals surface area contributed by atoms with Crippen molar-refractivity contribution in [3.05, 3.63) is 106 Å². The zero-order valence-electron chi connectivity index (χ0n) is 16.1. The third kappa shape index (κ3) is 5.75. The molecular formula is C24H23BrFNO2. The maximum atomic E-state index is 14.1. The summed E-state index contributed by atoms with van der Waals surface area (Å²) >= 11 is 3.34. The van der Waals surface area contributed by atoms with Gasteiger partial charge in [-0.25, -0.2) is 4.39 Å². The van der Waals surface area contributed by atoms with E-state index < -0.39 is 17.8 Å². The fourth-order valence-electron chi connectivity index (χ4n) is 3.59. The molecular weight excluding hydrogens is 433 g/mol. The molecule has 0 heterocycles. The van der Waals surface area contributed by atoms with Crippen molar-refractivity contribution in [1.82, 2.24) is 4.90 Å². The van der Waals surface area contributed by atoms with Gasteiger partial charge in [0.1, 0.15) is 5.82 Å². The van der Waals surface area contributed by atoms with Crippen LogP contribution in [0.15, 0.2) is 83.3 Å². The van der Waals surface area contributed by atoms with E-state index in [1.165, 1.54) is 12.1 Å². The first-order valence-corrected chi connectivity index (χ1v) is 10.3. The van der Waals surface area contributed by atoms with Gasteiger partial charge in [-0.3, -0.25) is 9.69 Å². The summed E-state index contributed by atoms with van der Waals surface area (Å²) in [5.74, 6) is -1.31. The zero-order chi connectivity index (χ0) is 20.8. The Balaban J connectivity index is 2.07. The lowest BCUT2D eigenvalue weighted by Crippen LogP contribution is -2.33. The highest BCUT2D eigenvalue weighted by Crippen LogP contribution is 2.35.